The number of hydrogen-bond donors (Lipinski definition) is 0. The summed E-state index contributed by atoms with van der Waals surface area (Å²) in [6.45, 7) is 0. The summed E-state index contributed by atoms with van der Waals surface area (Å²) >= 11 is 0. The largest absolute Gasteiger partial charge is 0.284 e. The fourth-order valence-corrected chi connectivity index (χ4v) is 3.43. The van der Waals surface area contributed by atoms with Crippen molar-refractivity contribution in [3.63, 3.8) is 0 Å². The van der Waals surface area contributed by atoms with E-state index in [1.165, 1.54) is 24.3 Å². The molecule has 0 saturated carbocycles. The van der Waals surface area contributed by atoms with Gasteiger partial charge in [-0.05, 0) is 29.8 Å². The molecular formula is C20H9N5O6. The Morgan fingerprint density at radius 1 is 0.774 bits per heavy atom. The summed E-state index contributed by atoms with van der Waals surface area (Å²) in [6.07, 6.45) is 0. The highest BCUT2D eigenvalue weighted by Crippen LogP contribution is 2.46. The molecule has 0 spiro atoms. The van der Waals surface area contributed by atoms with E-state index in [-0.39, 0.29) is 28.1 Å². The standard InChI is InChI=1S/C20H9N5O6/c21-10-11-2-1-3-12(6-11)22-20-16-7-13(23(26)27)4-5-15(16)19-17(20)8-14(24(28)29)9-18(19)25(30)31/h1-9H. The second-order valence-corrected chi connectivity index (χ2v) is 6.51. The van der Waals surface area contributed by atoms with Crippen LogP contribution in [0.1, 0.15) is 16.7 Å². The van der Waals surface area contributed by atoms with Gasteiger partial charge in [0.15, 0.2) is 0 Å². The molecule has 1 aliphatic rings. The smallest absolute Gasteiger partial charge is 0.258 e. The first kappa shape index (κ1) is 19.3. The lowest BCUT2D eigenvalue weighted by molar-refractivity contribution is -0.393. The molecule has 0 saturated heterocycles. The number of hydrogen-bond acceptors (Lipinski definition) is 8. The summed E-state index contributed by atoms with van der Waals surface area (Å²) in [5, 5.41) is 43.4. The van der Waals surface area contributed by atoms with Gasteiger partial charge in [-0.3, -0.25) is 30.3 Å². The minimum Gasteiger partial charge on any atom is -0.258 e. The van der Waals surface area contributed by atoms with Gasteiger partial charge >= 0.3 is 0 Å². The molecule has 1 aliphatic carbocycles. The van der Waals surface area contributed by atoms with Gasteiger partial charge in [0.2, 0.25) is 0 Å². The molecule has 3 aromatic carbocycles. The van der Waals surface area contributed by atoms with E-state index in [2.05, 4.69) is 4.99 Å². The highest BCUT2D eigenvalue weighted by Gasteiger charge is 2.35. The minimum atomic E-state index is -0.757. The van der Waals surface area contributed by atoms with E-state index in [0.29, 0.717) is 16.8 Å². The third kappa shape index (κ3) is 3.23. The van der Waals surface area contributed by atoms with Gasteiger partial charge in [0.1, 0.15) is 0 Å². The summed E-state index contributed by atoms with van der Waals surface area (Å²) in [5.74, 6) is 0. The predicted octanol–water partition coefficient (Wildman–Crippen LogP) is 4.43. The van der Waals surface area contributed by atoms with Gasteiger partial charge in [0.25, 0.3) is 17.1 Å². The Morgan fingerprint density at radius 2 is 1.48 bits per heavy atom. The molecule has 4 rings (SSSR count). The zero-order valence-electron chi connectivity index (χ0n) is 15.4. The summed E-state index contributed by atoms with van der Waals surface area (Å²) in [5.41, 5.74) is 0.194. The van der Waals surface area contributed by atoms with Crippen molar-refractivity contribution < 1.29 is 14.8 Å². The van der Waals surface area contributed by atoms with Gasteiger partial charge < -0.3 is 0 Å². The Morgan fingerprint density at radius 3 is 2.13 bits per heavy atom. The first-order chi connectivity index (χ1) is 14.8. The molecule has 3 aromatic rings. The van der Waals surface area contributed by atoms with E-state index in [1.54, 1.807) is 18.2 Å². The van der Waals surface area contributed by atoms with Gasteiger partial charge in [-0.2, -0.15) is 5.26 Å². The lowest BCUT2D eigenvalue weighted by Gasteiger charge is -2.03. The molecule has 0 fully saturated rings. The minimum absolute atomic E-state index is 0.0932. The molecule has 0 atom stereocenters. The van der Waals surface area contributed by atoms with Gasteiger partial charge in [-0.1, -0.05) is 6.07 Å². The maximum atomic E-state index is 11.7. The second-order valence-electron chi connectivity index (χ2n) is 6.51. The van der Waals surface area contributed by atoms with Crippen LogP contribution in [0.25, 0.3) is 11.1 Å². The van der Waals surface area contributed by atoms with Crippen molar-refractivity contribution in [3.8, 4) is 17.2 Å². The first-order valence-corrected chi connectivity index (χ1v) is 8.65. The average Bonchev–Trinajstić information content (AvgIpc) is 3.06. The van der Waals surface area contributed by atoms with E-state index < -0.39 is 26.1 Å². The molecule has 11 heteroatoms. The molecule has 0 aliphatic heterocycles. The Kier molecular flexibility index (Phi) is 4.44. The highest BCUT2D eigenvalue weighted by molar-refractivity contribution is 6.27. The van der Waals surface area contributed by atoms with E-state index in [9.17, 15) is 30.3 Å². The predicted molar refractivity (Wildman–Crippen MR) is 108 cm³/mol. The van der Waals surface area contributed by atoms with E-state index in [4.69, 9.17) is 5.26 Å². The molecular weight excluding hydrogens is 406 g/mol. The second kappa shape index (κ2) is 7.12. The highest BCUT2D eigenvalue weighted by atomic mass is 16.6. The van der Waals surface area contributed by atoms with E-state index in [0.717, 1.165) is 12.1 Å². The third-order valence-corrected chi connectivity index (χ3v) is 4.72. The summed E-state index contributed by atoms with van der Waals surface area (Å²) in [4.78, 5) is 36.6. The zero-order valence-corrected chi connectivity index (χ0v) is 15.4. The van der Waals surface area contributed by atoms with Gasteiger partial charge in [-0.25, -0.2) is 4.99 Å². The van der Waals surface area contributed by atoms with Crippen molar-refractivity contribution in [1.29, 1.82) is 5.26 Å². The van der Waals surface area contributed by atoms with Crippen molar-refractivity contribution in [1.82, 2.24) is 0 Å². The SMILES string of the molecule is N#Cc1cccc(N=C2c3cc([N+](=O)[O-])ccc3-c3c2cc([N+](=O)[O-])cc3[N+](=O)[O-])c1. The molecule has 0 heterocycles. The van der Waals surface area contributed by atoms with Crippen molar-refractivity contribution in [3.05, 3.63) is 102 Å². The van der Waals surface area contributed by atoms with E-state index in [1.807, 2.05) is 6.07 Å². The lowest BCUT2D eigenvalue weighted by atomic mass is 10.0. The van der Waals surface area contributed by atoms with Gasteiger partial charge in [0, 0.05) is 29.3 Å². The Labute approximate surface area is 173 Å². The fraction of sp³-hybridized carbons (Fsp3) is 0. The van der Waals surface area contributed by atoms with Gasteiger partial charge in [-0.15, -0.1) is 0 Å². The Hall–Kier alpha value is -4.98. The molecule has 31 heavy (non-hydrogen) atoms. The quantitative estimate of drug-likeness (QED) is 0.351. The first-order valence-electron chi connectivity index (χ1n) is 8.65. The van der Waals surface area contributed by atoms with Crippen LogP contribution in [0.5, 0.6) is 0 Å². The van der Waals surface area contributed by atoms with Gasteiger partial charge in [0.05, 0.1) is 49.4 Å². The topological polar surface area (TPSA) is 166 Å². The molecule has 0 aromatic heterocycles. The lowest BCUT2D eigenvalue weighted by Crippen LogP contribution is -2.01. The van der Waals surface area contributed by atoms with Crippen LogP contribution in [-0.4, -0.2) is 20.5 Å². The number of nitro groups is 3. The molecule has 0 amide bonds. The van der Waals surface area contributed by atoms with Crippen LogP contribution in [0, 0.1) is 41.7 Å². The summed E-state index contributed by atoms with van der Waals surface area (Å²) in [7, 11) is 0. The number of benzene rings is 3. The van der Waals surface area contributed by atoms with E-state index >= 15 is 0 Å². The number of fused-ring (bicyclic) bond motifs is 3. The molecule has 0 radical (unpaired) electrons. The molecule has 0 N–H and O–H groups in total. The Bertz CT molecular complexity index is 1390. The molecule has 0 unspecified atom stereocenters. The number of rotatable bonds is 4. The number of aliphatic imine (C=N–C) groups is 1. The molecule has 0 bridgehead atoms. The summed E-state index contributed by atoms with van der Waals surface area (Å²) in [6, 6.07) is 13.9. The van der Waals surface area contributed by atoms with Crippen molar-refractivity contribution in [2.75, 3.05) is 0 Å². The van der Waals surface area contributed by atoms with Crippen molar-refractivity contribution >= 4 is 28.5 Å². The van der Waals surface area contributed by atoms with Crippen LogP contribution in [0.3, 0.4) is 0 Å². The van der Waals surface area contributed by atoms with Crippen LogP contribution in [0.2, 0.25) is 0 Å². The fourth-order valence-electron chi connectivity index (χ4n) is 3.43. The average molecular weight is 415 g/mol. The van der Waals surface area contributed by atoms with Crippen molar-refractivity contribution in [2.24, 2.45) is 4.99 Å². The number of nitriles is 1. The maximum Gasteiger partial charge on any atom is 0.284 e. The zero-order chi connectivity index (χ0) is 22.3. The third-order valence-electron chi connectivity index (χ3n) is 4.72. The van der Waals surface area contributed by atoms with Crippen LogP contribution in [-0.2, 0) is 0 Å². The van der Waals surface area contributed by atoms with Crippen LogP contribution >= 0.6 is 0 Å². The van der Waals surface area contributed by atoms with Crippen molar-refractivity contribution in [2.45, 2.75) is 0 Å². The number of non-ortho nitro benzene ring substituents is 2. The monoisotopic (exact) mass is 415 g/mol. The van der Waals surface area contributed by atoms with Crippen LogP contribution in [0.15, 0.2) is 59.6 Å². The summed E-state index contributed by atoms with van der Waals surface area (Å²) < 4.78 is 0. The maximum absolute atomic E-state index is 11.7. The van der Waals surface area contributed by atoms with Crippen LogP contribution < -0.4 is 0 Å². The normalized spacial score (nSPS) is 12.7. The Balaban J connectivity index is 2.08. The molecule has 11 nitrogen and oxygen atoms in total. The van der Waals surface area contributed by atoms with Crippen LogP contribution in [0.4, 0.5) is 22.7 Å². The number of nitrogens with zero attached hydrogens (tertiary/aromatic N) is 5. The number of nitro benzene ring substituents is 3. The molecule has 150 valence electrons.